The van der Waals surface area contributed by atoms with Crippen LogP contribution in [-0.2, 0) is 5.75 Å². The molecule has 0 saturated heterocycles. The quantitative estimate of drug-likeness (QED) is 0.168. The van der Waals surface area contributed by atoms with Gasteiger partial charge in [-0.25, -0.2) is 19.6 Å². The van der Waals surface area contributed by atoms with E-state index in [9.17, 15) is 4.79 Å². The number of thioether (sulfide) groups is 1. The summed E-state index contributed by atoms with van der Waals surface area (Å²) in [6.07, 6.45) is 0. The Labute approximate surface area is 239 Å². The van der Waals surface area contributed by atoms with E-state index in [2.05, 4.69) is 44.7 Å². The lowest BCUT2D eigenvalue weighted by Gasteiger charge is -2.09. The number of carbonyl (C=O) groups excluding carboxylic acids is 1. The molecule has 198 valence electrons. The number of aryl methyl sites for hydroxylation is 3. The lowest BCUT2D eigenvalue weighted by Crippen LogP contribution is -2.15. The number of aromatic nitrogens is 6. The van der Waals surface area contributed by atoms with Crippen LogP contribution >= 0.6 is 23.1 Å². The van der Waals surface area contributed by atoms with Gasteiger partial charge in [-0.2, -0.15) is 0 Å². The molecule has 0 spiro atoms. The van der Waals surface area contributed by atoms with Gasteiger partial charge in [0, 0.05) is 28.4 Å². The zero-order valence-electron chi connectivity index (χ0n) is 22.1. The summed E-state index contributed by atoms with van der Waals surface area (Å²) in [4.78, 5) is 27.2. The van der Waals surface area contributed by atoms with Crippen LogP contribution in [0.1, 0.15) is 33.1 Å². The second-order valence-electron chi connectivity index (χ2n) is 9.38. The van der Waals surface area contributed by atoms with E-state index in [-0.39, 0.29) is 11.6 Å². The molecule has 1 amide bonds. The summed E-state index contributed by atoms with van der Waals surface area (Å²) in [5.74, 6) is 0.0890. The van der Waals surface area contributed by atoms with Gasteiger partial charge in [-0.3, -0.25) is 4.79 Å². The van der Waals surface area contributed by atoms with Gasteiger partial charge >= 0.3 is 0 Å². The van der Waals surface area contributed by atoms with Crippen molar-refractivity contribution < 1.29 is 4.79 Å². The smallest absolute Gasteiger partial charge is 0.278 e. The maximum Gasteiger partial charge on any atom is 0.278 e. The Balaban J connectivity index is 1.25. The predicted molar refractivity (Wildman–Crippen MR) is 160 cm³/mol. The highest BCUT2D eigenvalue weighted by Gasteiger charge is 2.22. The van der Waals surface area contributed by atoms with Crippen LogP contribution < -0.4 is 5.32 Å². The third kappa shape index (κ3) is 5.49. The van der Waals surface area contributed by atoms with Gasteiger partial charge in [0.05, 0.1) is 21.6 Å². The Kier molecular flexibility index (Phi) is 7.10. The van der Waals surface area contributed by atoms with Crippen LogP contribution in [0.4, 0.5) is 5.69 Å². The summed E-state index contributed by atoms with van der Waals surface area (Å²) in [5.41, 5.74) is 7.39. The molecule has 6 rings (SSSR count). The lowest BCUT2D eigenvalue weighted by atomic mass is 10.2. The number of hydrogen-bond acceptors (Lipinski definition) is 8. The zero-order valence-corrected chi connectivity index (χ0v) is 23.8. The first kappa shape index (κ1) is 25.8. The second-order valence-corrected chi connectivity index (χ2v) is 11.3. The van der Waals surface area contributed by atoms with E-state index in [0.29, 0.717) is 22.3 Å². The normalized spacial score (nSPS) is 11.2. The van der Waals surface area contributed by atoms with Crippen molar-refractivity contribution in [1.82, 2.24) is 29.9 Å². The Morgan fingerprint density at radius 1 is 0.900 bits per heavy atom. The molecule has 1 N–H and O–H groups in total. The van der Waals surface area contributed by atoms with Crippen LogP contribution in [0.5, 0.6) is 0 Å². The highest BCUT2D eigenvalue weighted by atomic mass is 32.2. The van der Waals surface area contributed by atoms with E-state index in [4.69, 9.17) is 4.98 Å². The number of thiazole rings is 1. The number of rotatable bonds is 7. The molecule has 0 aliphatic rings. The van der Waals surface area contributed by atoms with Gasteiger partial charge in [0.2, 0.25) is 0 Å². The van der Waals surface area contributed by atoms with Crippen molar-refractivity contribution in [3.05, 3.63) is 107 Å². The fraction of sp³-hybridized carbons (Fsp3) is 0.133. The number of anilines is 1. The molecule has 0 saturated carbocycles. The number of amides is 1. The van der Waals surface area contributed by atoms with Gasteiger partial charge in [-0.05, 0) is 80.9 Å². The van der Waals surface area contributed by atoms with Crippen molar-refractivity contribution in [2.45, 2.75) is 31.7 Å². The molecule has 0 aliphatic heterocycles. The van der Waals surface area contributed by atoms with Crippen LogP contribution in [0, 0.1) is 20.8 Å². The summed E-state index contributed by atoms with van der Waals surface area (Å²) < 4.78 is 2.85. The number of benzene rings is 3. The minimum Gasteiger partial charge on any atom is -0.321 e. The fourth-order valence-electron chi connectivity index (χ4n) is 4.32. The number of carbonyl (C=O) groups is 1. The van der Waals surface area contributed by atoms with E-state index in [1.54, 1.807) is 16.0 Å². The molecular weight excluding hydrogens is 539 g/mol. The Bertz CT molecular complexity index is 1810. The first-order chi connectivity index (χ1) is 19.4. The SMILES string of the molecule is Cc1ccc2nc(-c3ccc(NC(=O)c4nnn(-c5ccccc5)c4CSc4nc(C)cc(C)n4)cc3)sc2c1. The molecule has 6 aromatic rings. The average molecular weight is 564 g/mol. The maximum atomic E-state index is 13.4. The molecule has 8 nitrogen and oxygen atoms in total. The van der Waals surface area contributed by atoms with Crippen LogP contribution in [-0.4, -0.2) is 35.9 Å². The van der Waals surface area contributed by atoms with E-state index < -0.39 is 0 Å². The minimum atomic E-state index is -0.331. The summed E-state index contributed by atoms with van der Waals surface area (Å²) in [6, 6.07) is 25.5. The highest BCUT2D eigenvalue weighted by Crippen LogP contribution is 2.31. The van der Waals surface area contributed by atoms with E-state index in [0.717, 1.165) is 37.9 Å². The molecule has 3 aromatic carbocycles. The van der Waals surface area contributed by atoms with Gasteiger partial charge in [0.15, 0.2) is 10.9 Å². The minimum absolute atomic E-state index is 0.256. The van der Waals surface area contributed by atoms with E-state index in [1.165, 1.54) is 17.3 Å². The Morgan fingerprint density at radius 2 is 1.65 bits per heavy atom. The number of hydrogen-bond donors (Lipinski definition) is 1. The number of nitrogens with zero attached hydrogens (tertiary/aromatic N) is 6. The first-order valence-electron chi connectivity index (χ1n) is 12.7. The molecule has 3 aromatic heterocycles. The average Bonchev–Trinajstić information content (AvgIpc) is 3.56. The van der Waals surface area contributed by atoms with Gasteiger partial charge in [0.1, 0.15) is 5.01 Å². The van der Waals surface area contributed by atoms with Crippen LogP contribution in [0.15, 0.2) is 84.0 Å². The van der Waals surface area contributed by atoms with Gasteiger partial charge in [0.25, 0.3) is 5.91 Å². The summed E-state index contributed by atoms with van der Waals surface area (Å²) in [5, 5.41) is 13.2. The van der Waals surface area contributed by atoms with Gasteiger partial charge in [-0.15, -0.1) is 16.4 Å². The lowest BCUT2D eigenvalue weighted by molar-refractivity contribution is 0.102. The zero-order chi connectivity index (χ0) is 27.6. The van der Waals surface area contributed by atoms with Gasteiger partial charge in [-0.1, -0.05) is 41.2 Å². The Morgan fingerprint density at radius 3 is 2.40 bits per heavy atom. The second kappa shape index (κ2) is 11.0. The first-order valence-corrected chi connectivity index (χ1v) is 14.5. The largest absolute Gasteiger partial charge is 0.321 e. The predicted octanol–water partition coefficient (Wildman–Crippen LogP) is 6.80. The molecule has 0 radical (unpaired) electrons. The molecule has 40 heavy (non-hydrogen) atoms. The molecule has 3 heterocycles. The molecule has 0 bridgehead atoms. The standard InChI is InChI=1S/C30H25N7OS2/c1-18-9-14-24-26(15-18)40-29(34-24)21-10-12-22(13-11-21)33-28(38)27-25(17-39-30-31-19(2)16-20(3)32-30)37(36-35-27)23-7-5-4-6-8-23/h4-16H,17H2,1-3H3,(H,33,38). The number of nitrogens with one attached hydrogen (secondary N) is 1. The topological polar surface area (TPSA) is 98.5 Å². The number of para-hydroxylation sites is 1. The van der Waals surface area contributed by atoms with Crippen LogP contribution in [0.3, 0.4) is 0 Å². The van der Waals surface area contributed by atoms with E-state index >= 15 is 0 Å². The third-order valence-corrected chi connectivity index (χ3v) is 8.14. The van der Waals surface area contributed by atoms with Gasteiger partial charge < -0.3 is 5.32 Å². The molecule has 0 aliphatic carbocycles. The van der Waals surface area contributed by atoms with Crippen molar-refractivity contribution in [2.24, 2.45) is 0 Å². The molecule has 10 heteroatoms. The van der Waals surface area contributed by atoms with Crippen molar-refractivity contribution in [2.75, 3.05) is 5.32 Å². The van der Waals surface area contributed by atoms with Crippen molar-refractivity contribution in [3.63, 3.8) is 0 Å². The number of fused-ring (bicyclic) bond motifs is 1. The van der Waals surface area contributed by atoms with Crippen molar-refractivity contribution >= 4 is 44.9 Å². The summed E-state index contributed by atoms with van der Waals surface area (Å²) in [7, 11) is 0. The Hall–Kier alpha value is -4.41. The fourth-order valence-corrected chi connectivity index (χ4v) is 6.33. The molecule has 0 unspecified atom stereocenters. The third-order valence-electron chi connectivity index (χ3n) is 6.21. The highest BCUT2D eigenvalue weighted by molar-refractivity contribution is 7.98. The van der Waals surface area contributed by atoms with Crippen molar-refractivity contribution in [1.29, 1.82) is 0 Å². The molecule has 0 fully saturated rings. The van der Waals surface area contributed by atoms with Crippen LogP contribution in [0.25, 0.3) is 26.5 Å². The maximum absolute atomic E-state index is 13.4. The van der Waals surface area contributed by atoms with E-state index in [1.807, 2.05) is 80.6 Å². The van der Waals surface area contributed by atoms with Crippen molar-refractivity contribution in [3.8, 4) is 16.3 Å². The molecular formula is C30H25N7OS2. The molecule has 0 atom stereocenters. The summed E-state index contributed by atoms with van der Waals surface area (Å²) in [6.45, 7) is 5.96. The monoisotopic (exact) mass is 563 g/mol. The van der Waals surface area contributed by atoms with Crippen LogP contribution in [0.2, 0.25) is 0 Å². The summed E-state index contributed by atoms with van der Waals surface area (Å²) >= 11 is 3.10.